The van der Waals surface area contributed by atoms with Gasteiger partial charge in [0.2, 0.25) is 0 Å². The highest BCUT2D eigenvalue weighted by molar-refractivity contribution is 6.31. The summed E-state index contributed by atoms with van der Waals surface area (Å²) in [5.41, 5.74) is -0.738. The molecule has 0 aliphatic heterocycles. The van der Waals surface area contributed by atoms with E-state index in [1.165, 1.54) is 32.4 Å². The summed E-state index contributed by atoms with van der Waals surface area (Å²) >= 11 is 5.54. The zero-order chi connectivity index (χ0) is 18.6. The maximum absolute atomic E-state index is 12.8. The summed E-state index contributed by atoms with van der Waals surface area (Å²) in [5.74, 6) is 0.890. The lowest BCUT2D eigenvalue weighted by atomic mass is 10.2. The van der Waals surface area contributed by atoms with Crippen molar-refractivity contribution in [3.63, 3.8) is 0 Å². The average molecular weight is 375 g/mol. The van der Waals surface area contributed by atoms with Crippen molar-refractivity contribution >= 4 is 29.0 Å². The van der Waals surface area contributed by atoms with Crippen LogP contribution in [0.4, 0.5) is 29.3 Å². The van der Waals surface area contributed by atoms with Crippen LogP contribution in [-0.4, -0.2) is 20.3 Å². The van der Waals surface area contributed by atoms with Crippen LogP contribution < -0.4 is 20.1 Å². The highest BCUT2D eigenvalue weighted by Gasteiger charge is 2.33. The number of amides is 2. The number of alkyl halides is 3. The van der Waals surface area contributed by atoms with Gasteiger partial charge in [-0.05, 0) is 18.2 Å². The lowest BCUT2D eigenvalue weighted by molar-refractivity contribution is -0.137. The largest absolute Gasteiger partial charge is 0.497 e. The summed E-state index contributed by atoms with van der Waals surface area (Å²) in [4.78, 5) is 12.0. The summed E-state index contributed by atoms with van der Waals surface area (Å²) in [5, 5.41) is 4.35. The normalized spacial score (nSPS) is 11.0. The predicted molar refractivity (Wildman–Crippen MR) is 88.6 cm³/mol. The zero-order valence-electron chi connectivity index (χ0n) is 13.2. The summed E-state index contributed by atoms with van der Waals surface area (Å²) < 4.78 is 48.7. The summed E-state index contributed by atoms with van der Waals surface area (Å²) in [6, 6.07) is 7.03. The van der Waals surface area contributed by atoms with Crippen LogP contribution in [0.5, 0.6) is 11.5 Å². The first-order chi connectivity index (χ1) is 11.7. The van der Waals surface area contributed by atoms with E-state index in [2.05, 4.69) is 10.6 Å². The second-order valence-electron chi connectivity index (χ2n) is 4.87. The first-order valence-corrected chi connectivity index (χ1v) is 7.28. The number of hydrogen-bond donors (Lipinski definition) is 2. The molecule has 0 atom stereocenters. The highest BCUT2D eigenvalue weighted by Crippen LogP contribution is 2.36. The van der Waals surface area contributed by atoms with E-state index in [0.29, 0.717) is 17.2 Å². The molecule has 0 aliphatic rings. The van der Waals surface area contributed by atoms with Gasteiger partial charge >= 0.3 is 12.2 Å². The Kier molecular flexibility index (Phi) is 5.63. The maximum Gasteiger partial charge on any atom is 0.417 e. The number of hydrogen-bond acceptors (Lipinski definition) is 3. The van der Waals surface area contributed by atoms with Crippen LogP contribution in [0.3, 0.4) is 0 Å². The Labute approximate surface area is 146 Å². The summed E-state index contributed by atoms with van der Waals surface area (Å²) in [6.07, 6.45) is -4.62. The number of carbonyl (C=O) groups excluding carboxylic acids is 1. The van der Waals surface area contributed by atoms with E-state index in [-0.39, 0.29) is 5.69 Å². The Morgan fingerprint density at radius 1 is 0.960 bits per heavy atom. The number of halogens is 4. The molecule has 0 unspecified atom stereocenters. The molecule has 9 heteroatoms. The van der Waals surface area contributed by atoms with Crippen LogP contribution >= 0.6 is 11.6 Å². The molecule has 0 radical (unpaired) electrons. The maximum atomic E-state index is 12.8. The number of nitrogens with one attached hydrogen (secondary N) is 2. The molecule has 0 saturated heterocycles. The van der Waals surface area contributed by atoms with E-state index < -0.39 is 22.8 Å². The molecule has 2 aromatic carbocycles. The zero-order valence-corrected chi connectivity index (χ0v) is 14.0. The minimum absolute atomic E-state index is 0.0518. The van der Waals surface area contributed by atoms with E-state index in [1.807, 2.05) is 0 Å². The molecule has 0 fully saturated rings. The minimum atomic E-state index is -4.62. The molecule has 2 amide bonds. The fourth-order valence-electron chi connectivity index (χ4n) is 1.99. The van der Waals surface area contributed by atoms with Gasteiger partial charge in [-0.1, -0.05) is 11.6 Å². The van der Waals surface area contributed by atoms with Crippen molar-refractivity contribution in [2.75, 3.05) is 24.9 Å². The number of rotatable bonds is 4. The average Bonchev–Trinajstić information content (AvgIpc) is 2.55. The molecule has 0 aromatic heterocycles. The molecule has 0 spiro atoms. The number of carbonyl (C=O) groups is 1. The van der Waals surface area contributed by atoms with Crippen LogP contribution in [0.15, 0.2) is 36.4 Å². The van der Waals surface area contributed by atoms with E-state index >= 15 is 0 Å². The van der Waals surface area contributed by atoms with Crippen LogP contribution in [0.2, 0.25) is 5.02 Å². The quantitative estimate of drug-likeness (QED) is 0.790. The van der Waals surface area contributed by atoms with Crippen molar-refractivity contribution in [1.29, 1.82) is 0 Å². The van der Waals surface area contributed by atoms with Gasteiger partial charge in [-0.15, -0.1) is 0 Å². The van der Waals surface area contributed by atoms with E-state index in [1.54, 1.807) is 6.07 Å². The van der Waals surface area contributed by atoms with Gasteiger partial charge in [-0.2, -0.15) is 13.2 Å². The molecule has 25 heavy (non-hydrogen) atoms. The molecule has 0 aliphatic carbocycles. The van der Waals surface area contributed by atoms with Crippen LogP contribution in [0, 0.1) is 0 Å². The molecule has 2 N–H and O–H groups in total. The number of urea groups is 1. The Morgan fingerprint density at radius 2 is 1.52 bits per heavy atom. The van der Waals surface area contributed by atoms with Crippen LogP contribution in [0.25, 0.3) is 0 Å². The van der Waals surface area contributed by atoms with E-state index in [0.717, 1.165) is 12.1 Å². The molecular weight excluding hydrogens is 361 g/mol. The monoisotopic (exact) mass is 374 g/mol. The molecule has 5 nitrogen and oxygen atoms in total. The van der Waals surface area contributed by atoms with Crippen molar-refractivity contribution < 1.29 is 27.4 Å². The fraction of sp³-hybridized carbons (Fsp3) is 0.188. The van der Waals surface area contributed by atoms with Crippen LogP contribution in [-0.2, 0) is 6.18 Å². The third-order valence-electron chi connectivity index (χ3n) is 3.14. The Balaban J connectivity index is 2.16. The standard InChI is InChI=1S/C16H14ClF3N2O3/c1-24-11-5-10(6-12(8-11)25-2)22-15(23)21-9-3-4-14(17)13(7-9)16(18,19)20/h3-8H,1-2H3,(H2,21,22,23). The Bertz CT molecular complexity index is 759. The SMILES string of the molecule is COc1cc(NC(=O)Nc2ccc(Cl)c(C(F)(F)F)c2)cc(OC)c1. The number of methoxy groups -OCH3 is 2. The molecule has 0 heterocycles. The third-order valence-corrected chi connectivity index (χ3v) is 3.47. The van der Waals surface area contributed by atoms with Gasteiger partial charge in [0, 0.05) is 29.6 Å². The van der Waals surface area contributed by atoms with Crippen molar-refractivity contribution in [3.8, 4) is 11.5 Å². The van der Waals surface area contributed by atoms with Gasteiger partial charge < -0.3 is 20.1 Å². The highest BCUT2D eigenvalue weighted by atomic mass is 35.5. The summed E-state index contributed by atoms with van der Waals surface area (Å²) in [7, 11) is 2.90. The number of anilines is 2. The van der Waals surface area contributed by atoms with Crippen LogP contribution in [0.1, 0.15) is 5.56 Å². The minimum Gasteiger partial charge on any atom is -0.497 e. The first-order valence-electron chi connectivity index (χ1n) is 6.90. The van der Waals surface area contributed by atoms with Gasteiger partial charge in [0.1, 0.15) is 11.5 Å². The molecule has 0 saturated carbocycles. The fourth-order valence-corrected chi connectivity index (χ4v) is 2.22. The third kappa shape index (κ3) is 4.93. The smallest absolute Gasteiger partial charge is 0.417 e. The Morgan fingerprint density at radius 3 is 2.04 bits per heavy atom. The Hall–Kier alpha value is -2.61. The van der Waals surface area contributed by atoms with Crippen molar-refractivity contribution in [2.45, 2.75) is 6.18 Å². The lowest BCUT2D eigenvalue weighted by Gasteiger charge is -2.13. The molecule has 2 aromatic rings. The summed E-state index contributed by atoms with van der Waals surface area (Å²) in [6.45, 7) is 0. The number of benzene rings is 2. The van der Waals surface area contributed by atoms with Gasteiger partial charge in [0.15, 0.2) is 0 Å². The van der Waals surface area contributed by atoms with E-state index in [9.17, 15) is 18.0 Å². The van der Waals surface area contributed by atoms with Crippen molar-refractivity contribution in [2.24, 2.45) is 0 Å². The molecule has 0 bridgehead atoms. The first kappa shape index (κ1) is 18.7. The molecule has 134 valence electrons. The number of ether oxygens (including phenoxy) is 2. The van der Waals surface area contributed by atoms with E-state index in [4.69, 9.17) is 21.1 Å². The predicted octanol–water partition coefficient (Wildman–Crippen LogP) is 5.02. The second kappa shape index (κ2) is 7.52. The van der Waals surface area contributed by atoms with Gasteiger partial charge in [0.05, 0.1) is 24.8 Å². The van der Waals surface area contributed by atoms with Crippen molar-refractivity contribution in [3.05, 3.63) is 47.0 Å². The van der Waals surface area contributed by atoms with Gasteiger partial charge in [0.25, 0.3) is 0 Å². The van der Waals surface area contributed by atoms with Crippen molar-refractivity contribution in [1.82, 2.24) is 0 Å². The second-order valence-corrected chi connectivity index (χ2v) is 5.28. The lowest BCUT2D eigenvalue weighted by Crippen LogP contribution is -2.20. The topological polar surface area (TPSA) is 59.6 Å². The molecular formula is C16H14ClF3N2O3. The van der Waals surface area contributed by atoms with Gasteiger partial charge in [-0.25, -0.2) is 4.79 Å². The molecule has 2 rings (SSSR count). The van der Waals surface area contributed by atoms with Gasteiger partial charge in [-0.3, -0.25) is 0 Å².